The Morgan fingerprint density at radius 1 is 1.15 bits per heavy atom. The average Bonchev–Trinajstić information content (AvgIpc) is 2.66. The third-order valence-electron chi connectivity index (χ3n) is 3.81. The minimum absolute atomic E-state index is 0.0758. The first-order valence-electron chi connectivity index (χ1n) is 8.07. The number of aldehydes is 1. The number of hydrogen-bond acceptors (Lipinski definition) is 5. The molecule has 0 radical (unpaired) electrons. The smallest absolute Gasteiger partial charge is 0.407 e. The summed E-state index contributed by atoms with van der Waals surface area (Å²) >= 11 is 5.91. The van der Waals surface area contributed by atoms with Crippen LogP contribution in [0.4, 0.5) is 4.79 Å². The van der Waals surface area contributed by atoms with Gasteiger partial charge in [0, 0.05) is 12.1 Å². The molecule has 2 aromatic carbocycles. The van der Waals surface area contributed by atoms with E-state index in [0.717, 1.165) is 5.56 Å². The lowest BCUT2D eigenvalue weighted by molar-refractivity contribution is 0.0133. The number of halogens is 1. The maximum absolute atomic E-state index is 11.6. The molecule has 0 aliphatic rings. The van der Waals surface area contributed by atoms with E-state index < -0.39 is 18.3 Å². The molecule has 0 aliphatic carbocycles. The number of aliphatic hydroxyl groups is 2. The van der Waals surface area contributed by atoms with E-state index in [2.05, 4.69) is 5.32 Å². The average molecular weight is 378 g/mol. The molecule has 1 amide bonds. The fourth-order valence-electron chi connectivity index (χ4n) is 2.40. The van der Waals surface area contributed by atoms with Gasteiger partial charge in [-0.15, -0.1) is 0 Å². The molecule has 0 fully saturated rings. The maximum atomic E-state index is 11.6. The van der Waals surface area contributed by atoms with E-state index in [9.17, 15) is 19.8 Å². The third kappa shape index (κ3) is 5.56. The van der Waals surface area contributed by atoms with Crippen molar-refractivity contribution < 1.29 is 24.5 Å². The highest BCUT2D eigenvalue weighted by atomic mass is 35.5. The molecular formula is C19H20ClNO5. The second kappa shape index (κ2) is 9.91. The summed E-state index contributed by atoms with van der Waals surface area (Å²) in [6.07, 6.45) is -2.48. The highest BCUT2D eigenvalue weighted by molar-refractivity contribution is 6.33. The van der Waals surface area contributed by atoms with E-state index in [0.29, 0.717) is 6.29 Å². The molecule has 0 spiro atoms. The Kier molecular flexibility index (Phi) is 7.59. The van der Waals surface area contributed by atoms with Crippen LogP contribution in [-0.2, 0) is 11.3 Å². The number of carbonyl (C=O) groups excluding carboxylic acids is 2. The third-order valence-corrected chi connectivity index (χ3v) is 4.14. The first-order valence-corrected chi connectivity index (χ1v) is 8.45. The molecule has 0 bridgehead atoms. The number of hydrogen-bond donors (Lipinski definition) is 3. The molecule has 2 aromatic rings. The summed E-state index contributed by atoms with van der Waals surface area (Å²) in [6, 6.07) is 13.9. The predicted octanol–water partition coefficient (Wildman–Crippen LogP) is 2.86. The van der Waals surface area contributed by atoms with Gasteiger partial charge in [-0.05, 0) is 23.6 Å². The molecule has 0 aromatic heterocycles. The molecular weight excluding hydrogens is 358 g/mol. The van der Waals surface area contributed by atoms with Gasteiger partial charge in [0.25, 0.3) is 0 Å². The second-order valence-corrected chi connectivity index (χ2v) is 6.06. The molecule has 2 unspecified atom stereocenters. The van der Waals surface area contributed by atoms with Crippen molar-refractivity contribution in [3.63, 3.8) is 0 Å². The zero-order chi connectivity index (χ0) is 18.9. The minimum atomic E-state index is -1.30. The SMILES string of the molecule is O=Cc1c(Cl)cccc1C(O)C(O)CCNC(=O)OCc1ccccc1. The number of aliphatic hydroxyl groups excluding tert-OH is 2. The normalized spacial score (nSPS) is 12.9. The quantitative estimate of drug-likeness (QED) is 0.615. The molecule has 26 heavy (non-hydrogen) atoms. The van der Waals surface area contributed by atoms with Gasteiger partial charge in [0.05, 0.1) is 11.1 Å². The van der Waals surface area contributed by atoms with E-state index in [1.807, 2.05) is 30.3 Å². The van der Waals surface area contributed by atoms with Crippen LogP contribution in [0.25, 0.3) is 0 Å². The van der Waals surface area contributed by atoms with E-state index in [-0.39, 0.29) is 35.7 Å². The van der Waals surface area contributed by atoms with Crippen molar-refractivity contribution in [1.82, 2.24) is 5.32 Å². The standard InChI is InChI=1S/C19H20ClNO5/c20-16-8-4-7-14(15(16)11-22)18(24)17(23)9-10-21-19(25)26-12-13-5-2-1-3-6-13/h1-8,11,17-18,23-24H,9-10,12H2,(H,21,25). The molecule has 6 nitrogen and oxygen atoms in total. The van der Waals surface area contributed by atoms with Crippen LogP contribution in [-0.4, -0.2) is 35.2 Å². The summed E-state index contributed by atoms with van der Waals surface area (Å²) in [5.41, 5.74) is 1.24. The lowest BCUT2D eigenvalue weighted by Crippen LogP contribution is -2.30. The lowest BCUT2D eigenvalue weighted by Gasteiger charge is -2.20. The van der Waals surface area contributed by atoms with Crippen molar-refractivity contribution in [2.24, 2.45) is 0 Å². The Labute approximate surface area is 156 Å². The van der Waals surface area contributed by atoms with Gasteiger partial charge in [-0.25, -0.2) is 4.79 Å². The maximum Gasteiger partial charge on any atom is 0.407 e. The first kappa shape index (κ1) is 19.9. The number of carbonyl (C=O) groups is 2. The van der Waals surface area contributed by atoms with Gasteiger partial charge in [-0.1, -0.05) is 54.1 Å². The summed E-state index contributed by atoms with van der Waals surface area (Å²) in [4.78, 5) is 22.8. The monoisotopic (exact) mass is 377 g/mol. The van der Waals surface area contributed by atoms with Crippen molar-refractivity contribution >= 4 is 24.0 Å². The highest BCUT2D eigenvalue weighted by Gasteiger charge is 2.22. The van der Waals surface area contributed by atoms with Crippen LogP contribution in [0.3, 0.4) is 0 Å². The van der Waals surface area contributed by atoms with Crippen molar-refractivity contribution in [3.05, 3.63) is 70.2 Å². The lowest BCUT2D eigenvalue weighted by atomic mass is 9.97. The van der Waals surface area contributed by atoms with Crippen LogP contribution in [0, 0.1) is 0 Å². The van der Waals surface area contributed by atoms with E-state index in [1.54, 1.807) is 6.07 Å². The molecule has 3 N–H and O–H groups in total. The highest BCUT2D eigenvalue weighted by Crippen LogP contribution is 2.26. The van der Waals surface area contributed by atoms with Gasteiger partial charge in [0.1, 0.15) is 12.7 Å². The number of benzene rings is 2. The van der Waals surface area contributed by atoms with Crippen LogP contribution < -0.4 is 5.32 Å². The second-order valence-electron chi connectivity index (χ2n) is 5.65. The Bertz CT molecular complexity index is 738. The summed E-state index contributed by atoms with van der Waals surface area (Å²) in [5.74, 6) is 0. The molecule has 138 valence electrons. The first-order chi connectivity index (χ1) is 12.5. The van der Waals surface area contributed by atoms with Gasteiger partial charge in [-0.3, -0.25) is 4.79 Å². The van der Waals surface area contributed by atoms with Crippen LogP contribution in [0.2, 0.25) is 5.02 Å². The largest absolute Gasteiger partial charge is 0.445 e. The van der Waals surface area contributed by atoms with Gasteiger partial charge in [0.2, 0.25) is 0 Å². The van der Waals surface area contributed by atoms with Crippen molar-refractivity contribution in [1.29, 1.82) is 0 Å². The molecule has 2 rings (SSSR count). The van der Waals surface area contributed by atoms with Gasteiger partial charge in [0.15, 0.2) is 6.29 Å². The molecule has 0 heterocycles. The number of alkyl carbamates (subject to hydrolysis) is 1. The molecule has 0 saturated carbocycles. The molecule has 2 atom stereocenters. The number of amides is 1. The topological polar surface area (TPSA) is 95.9 Å². The van der Waals surface area contributed by atoms with Crippen molar-refractivity contribution in [2.45, 2.75) is 25.2 Å². The van der Waals surface area contributed by atoms with Gasteiger partial charge < -0.3 is 20.3 Å². The fourth-order valence-corrected chi connectivity index (χ4v) is 2.62. The Morgan fingerprint density at radius 3 is 2.58 bits per heavy atom. The van der Waals surface area contributed by atoms with E-state index in [4.69, 9.17) is 16.3 Å². The van der Waals surface area contributed by atoms with E-state index >= 15 is 0 Å². The summed E-state index contributed by atoms with van der Waals surface area (Å²) in [7, 11) is 0. The zero-order valence-electron chi connectivity index (χ0n) is 14.0. The summed E-state index contributed by atoms with van der Waals surface area (Å²) in [6.45, 7) is 0.242. The van der Waals surface area contributed by atoms with Crippen molar-refractivity contribution in [3.8, 4) is 0 Å². The fraction of sp³-hybridized carbons (Fsp3) is 0.263. The zero-order valence-corrected chi connectivity index (χ0v) is 14.7. The minimum Gasteiger partial charge on any atom is -0.445 e. The van der Waals surface area contributed by atoms with Crippen LogP contribution in [0.5, 0.6) is 0 Å². The van der Waals surface area contributed by atoms with Crippen LogP contribution >= 0.6 is 11.6 Å². The molecule has 7 heteroatoms. The Hall–Kier alpha value is -2.41. The molecule has 0 saturated heterocycles. The summed E-state index contributed by atoms with van der Waals surface area (Å²) < 4.78 is 5.05. The van der Waals surface area contributed by atoms with E-state index in [1.165, 1.54) is 12.1 Å². The van der Waals surface area contributed by atoms with Gasteiger partial charge in [-0.2, -0.15) is 0 Å². The van der Waals surface area contributed by atoms with Gasteiger partial charge >= 0.3 is 6.09 Å². The number of rotatable bonds is 8. The number of nitrogens with one attached hydrogen (secondary N) is 1. The summed E-state index contributed by atoms with van der Waals surface area (Å²) in [5, 5.41) is 23.0. The van der Waals surface area contributed by atoms with Crippen molar-refractivity contribution in [2.75, 3.05) is 6.54 Å². The molecule has 0 aliphatic heterocycles. The predicted molar refractivity (Wildman–Crippen MR) is 97.1 cm³/mol. The Balaban J connectivity index is 1.79. The Morgan fingerprint density at radius 2 is 1.88 bits per heavy atom. The number of ether oxygens (including phenoxy) is 1. The van der Waals surface area contributed by atoms with Crippen LogP contribution in [0.1, 0.15) is 34.0 Å². The van der Waals surface area contributed by atoms with Crippen LogP contribution in [0.15, 0.2) is 48.5 Å².